The Balaban J connectivity index is 2.13. The number of rotatable bonds is 1. The third kappa shape index (κ3) is 2.15. The van der Waals surface area contributed by atoms with Crippen molar-refractivity contribution in [3.63, 3.8) is 0 Å². The quantitative estimate of drug-likeness (QED) is 0.851. The van der Waals surface area contributed by atoms with Crippen LogP contribution in [0.1, 0.15) is 17.2 Å². The molecule has 1 heterocycles. The summed E-state index contributed by atoms with van der Waals surface area (Å²) in [5.41, 5.74) is 1.96. The number of benzene rings is 2. The van der Waals surface area contributed by atoms with Gasteiger partial charge in [0.2, 0.25) is 0 Å². The van der Waals surface area contributed by atoms with Crippen molar-refractivity contribution in [1.82, 2.24) is 0 Å². The van der Waals surface area contributed by atoms with Gasteiger partial charge in [-0.25, -0.2) is 9.18 Å². The van der Waals surface area contributed by atoms with Crippen molar-refractivity contribution in [2.45, 2.75) is 6.10 Å². The molecule has 3 rings (SSSR count). The highest BCUT2D eigenvalue weighted by molar-refractivity contribution is 6.32. The minimum Gasteiger partial charge on any atom is -0.436 e. The molecular formula is C14H9ClFNO2. The van der Waals surface area contributed by atoms with E-state index in [0.717, 1.165) is 0 Å². The lowest BCUT2D eigenvalue weighted by atomic mass is 9.98. The number of nitrogens with one attached hydrogen (secondary N) is 1. The molecule has 0 saturated carbocycles. The molecule has 1 aliphatic heterocycles. The van der Waals surface area contributed by atoms with Crippen LogP contribution in [0.4, 0.5) is 14.9 Å². The molecule has 0 aromatic heterocycles. The van der Waals surface area contributed by atoms with Crippen LogP contribution in [0.2, 0.25) is 5.02 Å². The molecule has 3 nitrogen and oxygen atoms in total. The van der Waals surface area contributed by atoms with E-state index in [1.165, 1.54) is 12.1 Å². The normalized spacial score (nSPS) is 17.4. The second kappa shape index (κ2) is 4.55. The molecule has 0 fully saturated rings. The van der Waals surface area contributed by atoms with Gasteiger partial charge in [-0.1, -0.05) is 29.8 Å². The van der Waals surface area contributed by atoms with Gasteiger partial charge in [0, 0.05) is 10.6 Å². The summed E-state index contributed by atoms with van der Waals surface area (Å²) in [6, 6.07) is 11.0. The number of ether oxygens (including phenoxy) is 1. The molecule has 96 valence electrons. The predicted octanol–water partition coefficient (Wildman–Crippen LogP) is 4.13. The molecule has 2 aromatic carbocycles. The summed E-state index contributed by atoms with van der Waals surface area (Å²) in [5.74, 6) is -0.344. The van der Waals surface area contributed by atoms with Gasteiger partial charge in [0.1, 0.15) is 5.82 Å². The van der Waals surface area contributed by atoms with Gasteiger partial charge in [0.05, 0.1) is 5.69 Å². The van der Waals surface area contributed by atoms with E-state index in [2.05, 4.69) is 5.32 Å². The lowest BCUT2D eigenvalue weighted by Crippen LogP contribution is -2.25. The molecule has 19 heavy (non-hydrogen) atoms. The van der Waals surface area contributed by atoms with E-state index in [-0.39, 0.29) is 5.82 Å². The van der Waals surface area contributed by atoms with E-state index in [4.69, 9.17) is 16.3 Å². The van der Waals surface area contributed by atoms with Crippen molar-refractivity contribution >= 4 is 23.4 Å². The maximum Gasteiger partial charge on any atom is 0.412 e. The Kier molecular flexibility index (Phi) is 2.87. The van der Waals surface area contributed by atoms with Crippen LogP contribution < -0.4 is 5.32 Å². The summed E-state index contributed by atoms with van der Waals surface area (Å²) in [6.45, 7) is 0. The molecule has 1 N–H and O–H groups in total. The fourth-order valence-electron chi connectivity index (χ4n) is 2.09. The van der Waals surface area contributed by atoms with Gasteiger partial charge in [-0.2, -0.15) is 0 Å². The highest BCUT2D eigenvalue weighted by Crippen LogP contribution is 2.39. The highest BCUT2D eigenvalue weighted by atomic mass is 35.5. The van der Waals surface area contributed by atoms with E-state index in [9.17, 15) is 9.18 Å². The van der Waals surface area contributed by atoms with Crippen molar-refractivity contribution < 1.29 is 13.9 Å². The van der Waals surface area contributed by atoms with E-state index in [1.54, 1.807) is 30.3 Å². The lowest BCUT2D eigenvalue weighted by Gasteiger charge is -2.27. The van der Waals surface area contributed by atoms with Gasteiger partial charge in [0.25, 0.3) is 0 Å². The molecule has 1 atom stereocenters. The Hall–Kier alpha value is -2.07. The number of carbonyl (C=O) groups is 1. The van der Waals surface area contributed by atoms with Crippen molar-refractivity contribution in [2.75, 3.05) is 5.32 Å². The number of hydrogen-bond acceptors (Lipinski definition) is 2. The van der Waals surface area contributed by atoms with E-state index >= 15 is 0 Å². The Morgan fingerprint density at radius 3 is 2.63 bits per heavy atom. The maximum atomic E-state index is 13.0. The summed E-state index contributed by atoms with van der Waals surface area (Å²) in [7, 11) is 0. The summed E-state index contributed by atoms with van der Waals surface area (Å²) in [6.07, 6.45) is -1.18. The van der Waals surface area contributed by atoms with E-state index < -0.39 is 12.2 Å². The largest absolute Gasteiger partial charge is 0.436 e. The zero-order chi connectivity index (χ0) is 13.4. The zero-order valence-electron chi connectivity index (χ0n) is 9.69. The van der Waals surface area contributed by atoms with Crippen LogP contribution in [0.25, 0.3) is 0 Å². The summed E-state index contributed by atoms with van der Waals surface area (Å²) in [4.78, 5) is 11.5. The minimum atomic E-state index is -0.627. The molecular weight excluding hydrogens is 269 g/mol. The SMILES string of the molecule is O=C1Nc2cccc(Cl)c2C(c2ccc(F)cc2)O1. The number of anilines is 1. The topological polar surface area (TPSA) is 38.3 Å². The van der Waals surface area contributed by atoms with Crippen LogP contribution in [0.5, 0.6) is 0 Å². The van der Waals surface area contributed by atoms with Gasteiger partial charge in [-0.15, -0.1) is 0 Å². The van der Waals surface area contributed by atoms with Crippen LogP contribution in [0, 0.1) is 5.82 Å². The average Bonchev–Trinajstić information content (AvgIpc) is 2.38. The maximum absolute atomic E-state index is 13.0. The van der Waals surface area contributed by atoms with Gasteiger partial charge < -0.3 is 4.74 Å². The minimum absolute atomic E-state index is 0.344. The third-order valence-corrected chi connectivity index (χ3v) is 3.28. The molecule has 0 radical (unpaired) electrons. The summed E-state index contributed by atoms with van der Waals surface area (Å²) < 4.78 is 18.2. The molecule has 1 aliphatic rings. The first-order chi connectivity index (χ1) is 9.15. The Bertz CT molecular complexity index is 642. The number of carbonyl (C=O) groups excluding carboxylic acids is 1. The van der Waals surface area contributed by atoms with Crippen molar-refractivity contribution in [1.29, 1.82) is 0 Å². The number of amides is 1. The van der Waals surface area contributed by atoms with Crippen LogP contribution in [-0.2, 0) is 4.74 Å². The molecule has 2 aromatic rings. The van der Waals surface area contributed by atoms with Crippen LogP contribution >= 0.6 is 11.6 Å². The molecule has 0 spiro atoms. The highest BCUT2D eigenvalue weighted by Gasteiger charge is 2.29. The van der Waals surface area contributed by atoms with Crippen LogP contribution in [-0.4, -0.2) is 6.09 Å². The standard InChI is InChI=1S/C14H9ClFNO2/c15-10-2-1-3-11-12(10)13(19-14(18)17-11)8-4-6-9(16)7-5-8/h1-7,13H,(H,17,18). The van der Waals surface area contributed by atoms with Gasteiger partial charge in [-0.3, -0.25) is 5.32 Å². The van der Waals surface area contributed by atoms with E-state index in [0.29, 0.717) is 21.8 Å². The molecule has 5 heteroatoms. The second-order valence-corrected chi connectivity index (χ2v) is 4.57. The molecule has 0 aliphatic carbocycles. The molecule has 0 bridgehead atoms. The van der Waals surface area contributed by atoms with Gasteiger partial charge in [0.15, 0.2) is 6.10 Å². The predicted molar refractivity (Wildman–Crippen MR) is 69.8 cm³/mol. The Morgan fingerprint density at radius 2 is 1.89 bits per heavy atom. The monoisotopic (exact) mass is 277 g/mol. The number of fused-ring (bicyclic) bond motifs is 1. The number of cyclic esters (lactones) is 1. The first kappa shape index (κ1) is 12.0. The van der Waals surface area contributed by atoms with Gasteiger partial charge in [-0.05, 0) is 29.8 Å². The smallest absolute Gasteiger partial charge is 0.412 e. The number of halogens is 2. The van der Waals surface area contributed by atoms with Gasteiger partial charge >= 0.3 is 6.09 Å². The summed E-state index contributed by atoms with van der Waals surface area (Å²) >= 11 is 6.16. The third-order valence-electron chi connectivity index (χ3n) is 2.95. The van der Waals surface area contributed by atoms with Crippen molar-refractivity contribution in [2.24, 2.45) is 0 Å². The van der Waals surface area contributed by atoms with Crippen LogP contribution in [0.3, 0.4) is 0 Å². The molecule has 0 saturated heterocycles. The first-order valence-corrected chi connectivity index (χ1v) is 6.04. The van der Waals surface area contributed by atoms with Crippen molar-refractivity contribution in [3.8, 4) is 0 Å². The second-order valence-electron chi connectivity index (χ2n) is 4.16. The average molecular weight is 278 g/mol. The molecule has 1 amide bonds. The van der Waals surface area contributed by atoms with Crippen molar-refractivity contribution in [3.05, 3.63) is 64.4 Å². The molecule has 1 unspecified atom stereocenters. The number of hydrogen-bond donors (Lipinski definition) is 1. The lowest BCUT2D eigenvalue weighted by molar-refractivity contribution is 0.126. The summed E-state index contributed by atoms with van der Waals surface area (Å²) in [5, 5.41) is 3.08. The van der Waals surface area contributed by atoms with E-state index in [1.807, 2.05) is 0 Å². The zero-order valence-corrected chi connectivity index (χ0v) is 10.4. The van der Waals surface area contributed by atoms with Crippen LogP contribution in [0.15, 0.2) is 42.5 Å². The Morgan fingerprint density at radius 1 is 1.16 bits per heavy atom. The fraction of sp³-hybridized carbons (Fsp3) is 0.0714. The fourth-order valence-corrected chi connectivity index (χ4v) is 2.36. The Labute approximate surface area is 114 Å². The first-order valence-electron chi connectivity index (χ1n) is 5.66.